The van der Waals surface area contributed by atoms with Crippen LogP contribution in [0.3, 0.4) is 0 Å². The van der Waals surface area contributed by atoms with Crippen molar-refractivity contribution in [1.29, 1.82) is 0 Å². The lowest BCUT2D eigenvalue weighted by atomic mass is 9.95. The van der Waals surface area contributed by atoms with Crippen molar-refractivity contribution in [2.24, 2.45) is 0 Å². The molecule has 0 aromatic carbocycles. The minimum atomic E-state index is -0.846. The molecule has 0 aliphatic carbocycles. The number of pyridine rings is 1. The van der Waals surface area contributed by atoms with Gasteiger partial charge in [0.2, 0.25) is 0 Å². The standard InChI is InChI=1S/C21H24ClF2N5O2S/c22-17-15(24)16-14-18(29-5-2-6-30-9-13(29)10-32-19(14)26-17)27-20(25-16)31-11-21-3-1-4-28(21)8-12(23)7-21/h12-13H,1-11H2/t12-,13+,21+/m1/s1. The Hall–Kier alpha value is -1.49. The predicted octanol–water partition coefficient (Wildman–Crippen LogP) is 3.47. The van der Waals surface area contributed by atoms with Crippen molar-refractivity contribution in [3.63, 3.8) is 0 Å². The molecule has 4 aliphatic rings. The van der Waals surface area contributed by atoms with Crippen LogP contribution in [0, 0.1) is 5.82 Å². The zero-order valence-corrected chi connectivity index (χ0v) is 19.1. The predicted molar refractivity (Wildman–Crippen MR) is 118 cm³/mol. The van der Waals surface area contributed by atoms with E-state index in [0.29, 0.717) is 42.4 Å². The molecule has 6 rings (SSSR count). The van der Waals surface area contributed by atoms with Crippen LogP contribution in [0.25, 0.3) is 10.9 Å². The second-order valence-corrected chi connectivity index (χ2v) is 10.4. The molecule has 32 heavy (non-hydrogen) atoms. The molecular weight excluding hydrogens is 460 g/mol. The smallest absolute Gasteiger partial charge is 0.319 e. The van der Waals surface area contributed by atoms with E-state index in [1.54, 1.807) is 0 Å². The zero-order chi connectivity index (χ0) is 21.9. The monoisotopic (exact) mass is 483 g/mol. The van der Waals surface area contributed by atoms with Gasteiger partial charge in [-0.2, -0.15) is 9.97 Å². The molecule has 172 valence electrons. The third-order valence-corrected chi connectivity index (χ3v) is 8.40. The molecule has 3 atom stereocenters. The highest BCUT2D eigenvalue weighted by molar-refractivity contribution is 7.99. The van der Waals surface area contributed by atoms with Gasteiger partial charge in [-0.15, -0.1) is 11.8 Å². The van der Waals surface area contributed by atoms with Gasteiger partial charge in [0.05, 0.1) is 23.6 Å². The van der Waals surface area contributed by atoms with Crippen LogP contribution in [0.5, 0.6) is 6.01 Å². The summed E-state index contributed by atoms with van der Waals surface area (Å²) in [6.45, 7) is 3.58. The van der Waals surface area contributed by atoms with Crippen LogP contribution in [-0.4, -0.2) is 82.8 Å². The van der Waals surface area contributed by atoms with Gasteiger partial charge >= 0.3 is 6.01 Å². The summed E-state index contributed by atoms with van der Waals surface area (Å²) in [5.74, 6) is 0.667. The normalized spacial score (nSPS) is 30.2. The van der Waals surface area contributed by atoms with E-state index in [0.717, 1.165) is 38.1 Å². The van der Waals surface area contributed by atoms with Gasteiger partial charge < -0.3 is 14.4 Å². The van der Waals surface area contributed by atoms with E-state index >= 15 is 4.39 Å². The Bertz CT molecular complexity index is 1060. The summed E-state index contributed by atoms with van der Waals surface area (Å²) in [6, 6.07) is 0.175. The average molecular weight is 484 g/mol. The van der Waals surface area contributed by atoms with Crippen molar-refractivity contribution in [3.8, 4) is 6.01 Å². The first-order valence-corrected chi connectivity index (χ1v) is 12.5. The van der Waals surface area contributed by atoms with Crippen molar-refractivity contribution < 1.29 is 18.3 Å². The highest BCUT2D eigenvalue weighted by atomic mass is 35.5. The fraction of sp³-hybridized carbons (Fsp3) is 0.667. The number of rotatable bonds is 3. The molecule has 3 fully saturated rings. The number of hydrogen-bond acceptors (Lipinski definition) is 8. The van der Waals surface area contributed by atoms with Gasteiger partial charge in [-0.25, -0.2) is 13.8 Å². The minimum absolute atomic E-state index is 0.0792. The molecule has 0 amide bonds. The van der Waals surface area contributed by atoms with Crippen molar-refractivity contribution in [3.05, 3.63) is 11.0 Å². The number of fused-ring (bicyclic) bond motifs is 3. The zero-order valence-electron chi connectivity index (χ0n) is 17.5. The van der Waals surface area contributed by atoms with Gasteiger partial charge in [0.25, 0.3) is 0 Å². The third kappa shape index (κ3) is 3.41. The minimum Gasteiger partial charge on any atom is -0.461 e. The number of thioether (sulfide) groups is 1. The quantitative estimate of drug-likeness (QED) is 0.615. The number of anilines is 1. The van der Waals surface area contributed by atoms with Crippen LogP contribution in [-0.2, 0) is 4.74 Å². The molecule has 0 saturated carbocycles. The van der Waals surface area contributed by atoms with Gasteiger partial charge in [-0.3, -0.25) is 4.90 Å². The number of alkyl halides is 1. The summed E-state index contributed by atoms with van der Waals surface area (Å²) in [7, 11) is 0. The lowest BCUT2D eigenvalue weighted by Gasteiger charge is -2.31. The van der Waals surface area contributed by atoms with Crippen LogP contribution >= 0.6 is 23.4 Å². The summed E-state index contributed by atoms with van der Waals surface area (Å²) in [4.78, 5) is 17.8. The number of ether oxygens (including phenoxy) is 2. The summed E-state index contributed by atoms with van der Waals surface area (Å²) in [5, 5.41) is 0.984. The summed E-state index contributed by atoms with van der Waals surface area (Å²) in [6.07, 6.45) is 2.35. The first-order chi connectivity index (χ1) is 15.5. The van der Waals surface area contributed by atoms with Gasteiger partial charge in [0.1, 0.15) is 29.1 Å². The Morgan fingerprint density at radius 1 is 1.25 bits per heavy atom. The van der Waals surface area contributed by atoms with E-state index < -0.39 is 12.0 Å². The van der Waals surface area contributed by atoms with Gasteiger partial charge in [0, 0.05) is 31.9 Å². The Morgan fingerprint density at radius 3 is 3.06 bits per heavy atom. The van der Waals surface area contributed by atoms with Crippen molar-refractivity contribution in [1.82, 2.24) is 19.9 Å². The summed E-state index contributed by atoms with van der Waals surface area (Å²) in [5.41, 5.74) is -0.214. The van der Waals surface area contributed by atoms with E-state index in [-0.39, 0.29) is 34.9 Å². The molecule has 11 heteroatoms. The molecule has 4 aliphatic heterocycles. The van der Waals surface area contributed by atoms with Gasteiger partial charge in [0.15, 0.2) is 11.0 Å². The molecule has 0 bridgehead atoms. The molecular formula is C21H24ClF2N5O2S. The molecule has 6 heterocycles. The Balaban J connectivity index is 1.42. The maximum atomic E-state index is 15.1. The lowest BCUT2D eigenvalue weighted by Crippen LogP contribution is -2.43. The maximum Gasteiger partial charge on any atom is 0.319 e. The molecule has 0 unspecified atom stereocenters. The fourth-order valence-electron chi connectivity index (χ4n) is 5.52. The van der Waals surface area contributed by atoms with E-state index in [2.05, 4.69) is 19.8 Å². The van der Waals surface area contributed by atoms with E-state index in [1.807, 2.05) is 0 Å². The largest absolute Gasteiger partial charge is 0.461 e. The second-order valence-electron chi connectivity index (χ2n) is 9.03. The number of hydrogen-bond donors (Lipinski definition) is 0. The van der Waals surface area contributed by atoms with Gasteiger partial charge in [-0.1, -0.05) is 11.6 Å². The van der Waals surface area contributed by atoms with Crippen LogP contribution in [0.1, 0.15) is 25.7 Å². The van der Waals surface area contributed by atoms with E-state index in [4.69, 9.17) is 26.1 Å². The van der Waals surface area contributed by atoms with Crippen molar-refractivity contribution in [2.45, 2.75) is 48.5 Å². The summed E-state index contributed by atoms with van der Waals surface area (Å²) >= 11 is 7.63. The maximum absolute atomic E-state index is 15.1. The van der Waals surface area contributed by atoms with Crippen LogP contribution in [0.4, 0.5) is 14.6 Å². The average Bonchev–Trinajstić information content (AvgIpc) is 3.12. The van der Waals surface area contributed by atoms with E-state index in [1.165, 1.54) is 11.8 Å². The Kier molecular flexibility index (Phi) is 5.32. The Morgan fingerprint density at radius 2 is 2.16 bits per heavy atom. The van der Waals surface area contributed by atoms with Crippen LogP contribution in [0.2, 0.25) is 5.15 Å². The SMILES string of the molecule is Fc1c(Cl)nc2c3c(nc(OC[C@@]45CCCN4C[C@H](F)C5)nc13)N1CCCOC[C@H]1CS2. The second kappa shape index (κ2) is 8.07. The third-order valence-electron chi connectivity index (χ3n) is 7.03. The Labute approximate surface area is 193 Å². The van der Waals surface area contributed by atoms with E-state index in [9.17, 15) is 4.39 Å². The molecule has 2 aromatic heterocycles. The number of nitrogens with zero attached hydrogens (tertiary/aromatic N) is 5. The topological polar surface area (TPSA) is 63.6 Å². The molecule has 0 radical (unpaired) electrons. The molecule has 2 aromatic rings. The number of aromatic nitrogens is 3. The first kappa shape index (κ1) is 21.1. The molecule has 0 spiro atoms. The van der Waals surface area contributed by atoms with Crippen molar-refractivity contribution >= 4 is 40.1 Å². The fourth-order valence-corrected chi connectivity index (χ4v) is 6.86. The van der Waals surface area contributed by atoms with Crippen LogP contribution < -0.4 is 9.64 Å². The molecule has 0 N–H and O–H groups in total. The highest BCUT2D eigenvalue weighted by Crippen LogP contribution is 2.43. The lowest BCUT2D eigenvalue weighted by molar-refractivity contribution is 0.107. The molecule has 3 saturated heterocycles. The van der Waals surface area contributed by atoms with Crippen molar-refractivity contribution in [2.75, 3.05) is 50.1 Å². The summed E-state index contributed by atoms with van der Waals surface area (Å²) < 4.78 is 41.1. The van der Waals surface area contributed by atoms with Gasteiger partial charge in [-0.05, 0) is 25.8 Å². The highest BCUT2D eigenvalue weighted by Gasteiger charge is 2.49. The van der Waals surface area contributed by atoms with Crippen LogP contribution in [0.15, 0.2) is 5.03 Å². The number of halogens is 3. The molecule has 7 nitrogen and oxygen atoms in total. The first-order valence-electron chi connectivity index (χ1n) is 11.1.